The van der Waals surface area contributed by atoms with Crippen LogP contribution < -0.4 is 16.1 Å². The van der Waals surface area contributed by atoms with Crippen LogP contribution in [-0.4, -0.2) is 34.8 Å². The Balaban J connectivity index is 1.99. The molecule has 2 aliphatic rings. The fourth-order valence-corrected chi connectivity index (χ4v) is 4.39. The number of nitrogens with two attached hydrogens (primary N) is 1. The van der Waals surface area contributed by atoms with Crippen molar-refractivity contribution >= 4 is 22.6 Å². The molecule has 0 unspecified atom stereocenters. The molecule has 1 saturated carbocycles. The number of piperidine rings is 1. The van der Waals surface area contributed by atoms with Crippen molar-refractivity contribution in [2.45, 2.75) is 51.6 Å². The Bertz CT molecular complexity index is 1010. The number of carboxylic acid groups (broad SMARTS) is 1. The van der Waals surface area contributed by atoms with Crippen LogP contribution in [0, 0.1) is 11.7 Å². The first-order chi connectivity index (χ1) is 13.3. The van der Waals surface area contributed by atoms with E-state index in [1.807, 2.05) is 16.4 Å². The Kier molecular flexibility index (Phi) is 4.65. The zero-order chi connectivity index (χ0) is 20.2. The van der Waals surface area contributed by atoms with Crippen molar-refractivity contribution in [1.82, 2.24) is 4.57 Å². The second-order valence-corrected chi connectivity index (χ2v) is 8.13. The summed E-state index contributed by atoms with van der Waals surface area (Å²) >= 11 is 0. The summed E-state index contributed by atoms with van der Waals surface area (Å²) < 4.78 is 17.2. The van der Waals surface area contributed by atoms with Crippen molar-refractivity contribution in [3.8, 4) is 0 Å². The maximum atomic E-state index is 15.3. The number of carbonyl (C=O) groups is 1. The highest BCUT2D eigenvalue weighted by atomic mass is 19.1. The maximum absolute atomic E-state index is 15.3. The van der Waals surface area contributed by atoms with Gasteiger partial charge in [0, 0.05) is 42.3 Å². The van der Waals surface area contributed by atoms with Crippen LogP contribution in [-0.2, 0) is 6.42 Å². The van der Waals surface area contributed by atoms with Crippen molar-refractivity contribution in [3.05, 3.63) is 39.4 Å². The number of rotatable bonds is 4. The van der Waals surface area contributed by atoms with Crippen LogP contribution in [0.1, 0.15) is 55.1 Å². The number of pyridine rings is 1. The van der Waals surface area contributed by atoms with E-state index in [2.05, 4.69) is 6.92 Å². The van der Waals surface area contributed by atoms with Crippen molar-refractivity contribution in [2.75, 3.05) is 18.0 Å². The van der Waals surface area contributed by atoms with Gasteiger partial charge in [0.2, 0.25) is 5.43 Å². The smallest absolute Gasteiger partial charge is 0.341 e. The van der Waals surface area contributed by atoms with E-state index in [1.54, 1.807) is 0 Å². The predicted octanol–water partition coefficient (Wildman–Crippen LogP) is 2.91. The van der Waals surface area contributed by atoms with Gasteiger partial charge in [-0.1, -0.05) is 13.8 Å². The molecular formula is C21H26FN3O3. The Morgan fingerprint density at radius 2 is 2.07 bits per heavy atom. The molecule has 1 aromatic heterocycles. The number of aryl methyl sites for hydroxylation is 1. The normalized spacial score (nSPS) is 22.6. The van der Waals surface area contributed by atoms with Crippen molar-refractivity contribution < 1.29 is 14.3 Å². The second-order valence-electron chi connectivity index (χ2n) is 8.13. The van der Waals surface area contributed by atoms with E-state index in [1.165, 1.54) is 12.3 Å². The summed E-state index contributed by atoms with van der Waals surface area (Å²) in [7, 11) is 0. The van der Waals surface area contributed by atoms with Crippen LogP contribution in [0.3, 0.4) is 0 Å². The quantitative estimate of drug-likeness (QED) is 0.842. The first-order valence-electron chi connectivity index (χ1n) is 9.97. The molecule has 7 heteroatoms. The lowest BCUT2D eigenvalue weighted by Crippen LogP contribution is -2.46. The van der Waals surface area contributed by atoms with Gasteiger partial charge in [-0.2, -0.15) is 0 Å². The largest absolute Gasteiger partial charge is 0.477 e. The molecule has 0 bridgehead atoms. The van der Waals surface area contributed by atoms with Crippen LogP contribution in [0.5, 0.6) is 0 Å². The minimum atomic E-state index is -1.28. The fraction of sp³-hybridized carbons (Fsp3) is 0.524. The first kappa shape index (κ1) is 18.9. The lowest BCUT2D eigenvalue weighted by molar-refractivity contribution is 0.0695. The van der Waals surface area contributed by atoms with Crippen LogP contribution in [0.25, 0.3) is 10.9 Å². The Morgan fingerprint density at radius 1 is 1.36 bits per heavy atom. The van der Waals surface area contributed by atoms with E-state index < -0.39 is 17.2 Å². The van der Waals surface area contributed by atoms with Crippen LogP contribution in [0.4, 0.5) is 10.1 Å². The van der Waals surface area contributed by atoms with E-state index in [-0.39, 0.29) is 29.0 Å². The summed E-state index contributed by atoms with van der Waals surface area (Å²) in [5, 5.41) is 9.59. The minimum absolute atomic E-state index is 0.104. The number of hydrogen-bond donors (Lipinski definition) is 2. The third-order valence-electron chi connectivity index (χ3n) is 6.15. The highest BCUT2D eigenvalue weighted by Crippen LogP contribution is 2.41. The molecule has 6 nitrogen and oxygen atoms in total. The maximum Gasteiger partial charge on any atom is 0.341 e. The van der Waals surface area contributed by atoms with Gasteiger partial charge < -0.3 is 20.3 Å². The summed E-state index contributed by atoms with van der Waals surface area (Å²) in [4.78, 5) is 26.4. The lowest BCUT2D eigenvalue weighted by atomic mass is 9.93. The molecule has 1 saturated heterocycles. The van der Waals surface area contributed by atoms with Gasteiger partial charge in [-0.05, 0) is 37.7 Å². The Hall–Kier alpha value is -2.41. The SMILES string of the molecule is CCc1c(N2CC[C@@H](N)[C@@H](C)C2)c(F)cc2c(=O)c(C(=O)O)cn(C3CC3)c12. The number of aromatic carboxylic acids is 1. The molecule has 0 radical (unpaired) electrons. The molecule has 2 atom stereocenters. The van der Waals surface area contributed by atoms with Gasteiger partial charge in [0.1, 0.15) is 11.4 Å². The van der Waals surface area contributed by atoms with Gasteiger partial charge in [-0.3, -0.25) is 4.79 Å². The number of aromatic nitrogens is 1. The fourth-order valence-electron chi connectivity index (χ4n) is 4.39. The number of benzene rings is 1. The van der Waals surface area contributed by atoms with Gasteiger partial charge in [0.05, 0.1) is 11.2 Å². The average Bonchev–Trinajstić information content (AvgIpc) is 3.48. The van der Waals surface area contributed by atoms with E-state index in [4.69, 9.17) is 5.73 Å². The number of hydrogen-bond acceptors (Lipinski definition) is 4. The molecule has 1 aromatic carbocycles. The van der Waals surface area contributed by atoms with Gasteiger partial charge in [-0.25, -0.2) is 9.18 Å². The number of fused-ring (bicyclic) bond motifs is 1. The zero-order valence-electron chi connectivity index (χ0n) is 16.2. The zero-order valence-corrected chi connectivity index (χ0v) is 16.2. The third kappa shape index (κ3) is 2.98. The molecular weight excluding hydrogens is 361 g/mol. The van der Waals surface area contributed by atoms with Crippen LogP contribution in [0.2, 0.25) is 0 Å². The molecule has 3 N–H and O–H groups in total. The Labute approximate surface area is 162 Å². The van der Waals surface area contributed by atoms with E-state index in [9.17, 15) is 14.7 Å². The number of halogens is 1. The molecule has 28 heavy (non-hydrogen) atoms. The highest BCUT2D eigenvalue weighted by Gasteiger charge is 2.32. The van der Waals surface area contributed by atoms with Crippen molar-refractivity contribution in [1.29, 1.82) is 0 Å². The minimum Gasteiger partial charge on any atom is -0.477 e. The van der Waals surface area contributed by atoms with Gasteiger partial charge in [0.15, 0.2) is 0 Å². The molecule has 0 spiro atoms. The summed E-state index contributed by atoms with van der Waals surface area (Å²) in [5.41, 5.74) is 7.21. The second kappa shape index (κ2) is 6.88. The first-order valence-corrected chi connectivity index (χ1v) is 9.97. The molecule has 2 aromatic rings. The molecule has 150 valence electrons. The summed E-state index contributed by atoms with van der Waals surface area (Å²) in [6.07, 6.45) is 4.65. The summed E-state index contributed by atoms with van der Waals surface area (Å²) in [6.45, 7) is 5.35. The molecule has 2 heterocycles. The molecule has 2 fully saturated rings. The standard InChI is InChI=1S/C21H26FN3O3/c1-3-13-18-14(20(26)15(21(27)28)10-25(18)12-4-5-12)8-16(22)19(13)24-7-6-17(23)11(2)9-24/h8,10-12,17H,3-7,9,23H2,1-2H3,(H,27,28)/t11-,17+/m0/s1. The van der Waals surface area contributed by atoms with Crippen molar-refractivity contribution in [3.63, 3.8) is 0 Å². The van der Waals surface area contributed by atoms with Gasteiger partial charge >= 0.3 is 5.97 Å². The third-order valence-corrected chi connectivity index (χ3v) is 6.15. The number of nitrogens with zero attached hydrogens (tertiary/aromatic N) is 2. The molecule has 0 amide bonds. The van der Waals surface area contributed by atoms with E-state index in [0.29, 0.717) is 30.7 Å². The highest BCUT2D eigenvalue weighted by molar-refractivity contribution is 5.95. The number of anilines is 1. The molecule has 1 aliphatic carbocycles. The van der Waals surface area contributed by atoms with Gasteiger partial charge in [-0.15, -0.1) is 0 Å². The summed E-state index contributed by atoms with van der Waals surface area (Å²) in [6, 6.07) is 1.50. The van der Waals surface area contributed by atoms with Gasteiger partial charge in [0.25, 0.3) is 0 Å². The topological polar surface area (TPSA) is 88.6 Å². The van der Waals surface area contributed by atoms with E-state index >= 15 is 4.39 Å². The van der Waals surface area contributed by atoms with Crippen LogP contribution >= 0.6 is 0 Å². The Morgan fingerprint density at radius 3 is 2.64 bits per heavy atom. The lowest BCUT2D eigenvalue weighted by Gasteiger charge is -2.38. The number of carboxylic acids is 1. The average molecular weight is 387 g/mol. The summed E-state index contributed by atoms with van der Waals surface area (Å²) in [5.74, 6) is -1.50. The molecule has 1 aliphatic heterocycles. The molecule has 4 rings (SSSR count). The predicted molar refractivity (Wildman–Crippen MR) is 107 cm³/mol. The van der Waals surface area contributed by atoms with E-state index in [0.717, 1.165) is 24.8 Å². The van der Waals surface area contributed by atoms with Crippen molar-refractivity contribution in [2.24, 2.45) is 11.7 Å². The van der Waals surface area contributed by atoms with Crippen LogP contribution in [0.15, 0.2) is 17.1 Å². The monoisotopic (exact) mass is 387 g/mol.